The molecule has 7 nitrogen and oxygen atoms in total. The zero-order valence-corrected chi connectivity index (χ0v) is 14.4. The van der Waals surface area contributed by atoms with E-state index in [2.05, 4.69) is 10.6 Å². The lowest BCUT2D eigenvalue weighted by Crippen LogP contribution is -2.51. The summed E-state index contributed by atoms with van der Waals surface area (Å²) in [5.74, 6) is -1.09. The lowest BCUT2D eigenvalue weighted by atomic mass is 10.0. The number of ether oxygens (including phenoxy) is 1. The number of carbonyl (C=O) groups is 3. The van der Waals surface area contributed by atoms with Gasteiger partial charge in [0, 0.05) is 0 Å². The number of rotatable bonds is 7. The van der Waals surface area contributed by atoms with Gasteiger partial charge in [0.2, 0.25) is 11.8 Å². The minimum atomic E-state index is -0.770. The SMILES string of the molecule is CC(C)C[C@H](N)C(=O)N[C@@H](C)C(=O)NCC(=O)OC(C)(C)C. The molecule has 4 N–H and O–H groups in total. The highest BCUT2D eigenvalue weighted by molar-refractivity contribution is 5.90. The molecule has 0 aromatic rings. The molecular weight excluding hydrogens is 286 g/mol. The van der Waals surface area contributed by atoms with Crippen molar-refractivity contribution in [3.8, 4) is 0 Å². The third-order valence-corrected chi connectivity index (χ3v) is 2.64. The first-order valence-corrected chi connectivity index (χ1v) is 7.48. The Morgan fingerprint density at radius 1 is 1.09 bits per heavy atom. The largest absolute Gasteiger partial charge is 0.459 e. The summed E-state index contributed by atoms with van der Waals surface area (Å²) in [6, 6.07) is -1.42. The third kappa shape index (κ3) is 9.33. The minimum absolute atomic E-state index is 0.242. The molecule has 0 saturated heterocycles. The maximum atomic E-state index is 11.8. The molecule has 0 rings (SSSR count). The topological polar surface area (TPSA) is 111 Å². The molecule has 0 aliphatic carbocycles. The van der Waals surface area contributed by atoms with E-state index in [0.29, 0.717) is 6.42 Å². The fraction of sp³-hybridized carbons (Fsp3) is 0.800. The lowest BCUT2D eigenvalue weighted by molar-refractivity contribution is -0.154. The monoisotopic (exact) mass is 315 g/mol. The van der Waals surface area contributed by atoms with Crippen molar-refractivity contribution in [2.75, 3.05) is 6.54 Å². The second kappa shape index (κ2) is 8.73. The van der Waals surface area contributed by atoms with Gasteiger partial charge < -0.3 is 21.1 Å². The maximum Gasteiger partial charge on any atom is 0.325 e. The van der Waals surface area contributed by atoms with Gasteiger partial charge in [-0.05, 0) is 40.0 Å². The molecule has 0 fully saturated rings. The number of amides is 2. The van der Waals surface area contributed by atoms with Gasteiger partial charge in [-0.3, -0.25) is 14.4 Å². The summed E-state index contributed by atoms with van der Waals surface area (Å²) in [7, 11) is 0. The molecule has 0 saturated carbocycles. The zero-order chi connectivity index (χ0) is 17.5. The number of hydrogen-bond donors (Lipinski definition) is 3. The van der Waals surface area contributed by atoms with Gasteiger partial charge in [0.15, 0.2) is 0 Å². The molecule has 0 aromatic carbocycles. The van der Waals surface area contributed by atoms with Crippen molar-refractivity contribution in [2.24, 2.45) is 11.7 Å². The van der Waals surface area contributed by atoms with E-state index in [0.717, 1.165) is 0 Å². The zero-order valence-electron chi connectivity index (χ0n) is 14.4. The molecule has 0 bridgehead atoms. The van der Waals surface area contributed by atoms with Crippen LogP contribution in [0.1, 0.15) is 48.0 Å². The Labute approximate surface area is 132 Å². The Hall–Kier alpha value is -1.63. The van der Waals surface area contributed by atoms with Crippen LogP contribution in [0.5, 0.6) is 0 Å². The summed E-state index contributed by atoms with van der Waals surface area (Å²) in [5.41, 5.74) is 5.13. The van der Waals surface area contributed by atoms with Crippen molar-refractivity contribution in [3.05, 3.63) is 0 Å². The molecule has 2 amide bonds. The lowest BCUT2D eigenvalue weighted by Gasteiger charge is -2.21. The van der Waals surface area contributed by atoms with E-state index in [1.54, 1.807) is 20.8 Å². The highest BCUT2D eigenvalue weighted by atomic mass is 16.6. The number of nitrogens with one attached hydrogen (secondary N) is 2. The molecule has 0 radical (unpaired) electrons. The number of esters is 1. The highest BCUT2D eigenvalue weighted by Crippen LogP contribution is 2.06. The highest BCUT2D eigenvalue weighted by Gasteiger charge is 2.22. The van der Waals surface area contributed by atoms with Crippen LogP contribution in [-0.2, 0) is 19.1 Å². The quantitative estimate of drug-likeness (QED) is 0.586. The molecule has 7 heteroatoms. The molecule has 0 aromatic heterocycles. The normalized spacial score (nSPS) is 14.2. The first kappa shape index (κ1) is 20.4. The minimum Gasteiger partial charge on any atom is -0.459 e. The Morgan fingerprint density at radius 3 is 2.09 bits per heavy atom. The summed E-state index contributed by atoms with van der Waals surface area (Å²) in [5, 5.41) is 4.95. The first-order chi connectivity index (χ1) is 9.92. The van der Waals surface area contributed by atoms with E-state index in [9.17, 15) is 14.4 Å². The molecule has 0 spiro atoms. The van der Waals surface area contributed by atoms with E-state index in [1.165, 1.54) is 6.92 Å². The second-order valence-electron chi connectivity index (χ2n) is 6.77. The van der Waals surface area contributed by atoms with Gasteiger partial charge in [-0.1, -0.05) is 13.8 Å². The van der Waals surface area contributed by atoms with Gasteiger partial charge >= 0.3 is 5.97 Å². The fourth-order valence-corrected chi connectivity index (χ4v) is 1.69. The summed E-state index contributed by atoms with van der Waals surface area (Å²) in [6.45, 7) is 10.4. The van der Waals surface area contributed by atoms with E-state index in [4.69, 9.17) is 10.5 Å². The van der Waals surface area contributed by atoms with Crippen molar-refractivity contribution in [1.82, 2.24) is 10.6 Å². The predicted octanol–water partition coefficient (Wildman–Crippen LogP) is 0.322. The van der Waals surface area contributed by atoms with Gasteiger partial charge in [-0.2, -0.15) is 0 Å². The van der Waals surface area contributed by atoms with Crippen LogP contribution >= 0.6 is 0 Å². The van der Waals surface area contributed by atoms with Crippen molar-refractivity contribution in [2.45, 2.75) is 65.6 Å². The Balaban J connectivity index is 4.22. The predicted molar refractivity (Wildman–Crippen MR) is 83.9 cm³/mol. The molecule has 0 unspecified atom stereocenters. The molecule has 2 atom stereocenters. The van der Waals surface area contributed by atoms with Crippen molar-refractivity contribution in [1.29, 1.82) is 0 Å². The second-order valence-corrected chi connectivity index (χ2v) is 6.77. The summed E-state index contributed by atoms with van der Waals surface area (Å²) in [4.78, 5) is 35.1. The van der Waals surface area contributed by atoms with Crippen LogP contribution in [0.15, 0.2) is 0 Å². The molecule has 0 aliphatic rings. The van der Waals surface area contributed by atoms with Crippen molar-refractivity contribution in [3.63, 3.8) is 0 Å². The van der Waals surface area contributed by atoms with Crippen LogP contribution in [0.4, 0.5) is 0 Å². The van der Waals surface area contributed by atoms with Crippen molar-refractivity contribution < 1.29 is 19.1 Å². The van der Waals surface area contributed by atoms with Crippen LogP contribution in [-0.4, -0.2) is 42.0 Å². The average molecular weight is 315 g/mol. The molecule has 22 heavy (non-hydrogen) atoms. The van der Waals surface area contributed by atoms with E-state index in [-0.39, 0.29) is 18.4 Å². The molecule has 0 heterocycles. The van der Waals surface area contributed by atoms with Gasteiger partial charge in [0.05, 0.1) is 6.04 Å². The summed E-state index contributed by atoms with van der Waals surface area (Å²) in [6.07, 6.45) is 0.540. The van der Waals surface area contributed by atoms with Crippen LogP contribution in [0.3, 0.4) is 0 Å². The Bertz CT molecular complexity index is 402. The maximum absolute atomic E-state index is 11.8. The Morgan fingerprint density at radius 2 is 1.64 bits per heavy atom. The first-order valence-electron chi connectivity index (χ1n) is 7.48. The third-order valence-electron chi connectivity index (χ3n) is 2.64. The standard InChI is InChI=1S/C15H29N3O4/c1-9(2)7-11(16)14(21)18-10(3)13(20)17-8-12(19)22-15(4,5)6/h9-11H,7-8,16H2,1-6H3,(H,17,20)(H,18,21)/t10-,11-/m0/s1. The van der Waals surface area contributed by atoms with Gasteiger partial charge in [-0.25, -0.2) is 0 Å². The van der Waals surface area contributed by atoms with E-state index in [1.807, 2.05) is 13.8 Å². The van der Waals surface area contributed by atoms with Gasteiger partial charge in [0.1, 0.15) is 18.2 Å². The van der Waals surface area contributed by atoms with Gasteiger partial charge in [0.25, 0.3) is 0 Å². The van der Waals surface area contributed by atoms with Crippen LogP contribution in [0.25, 0.3) is 0 Å². The number of nitrogens with two attached hydrogens (primary N) is 1. The average Bonchev–Trinajstić information content (AvgIpc) is 2.32. The molecule has 0 aliphatic heterocycles. The van der Waals surface area contributed by atoms with Gasteiger partial charge in [-0.15, -0.1) is 0 Å². The number of carbonyl (C=O) groups excluding carboxylic acids is 3. The van der Waals surface area contributed by atoms with Crippen molar-refractivity contribution >= 4 is 17.8 Å². The number of hydrogen-bond acceptors (Lipinski definition) is 5. The summed E-state index contributed by atoms with van der Waals surface area (Å²) < 4.78 is 5.07. The van der Waals surface area contributed by atoms with E-state index < -0.39 is 29.6 Å². The molecule has 128 valence electrons. The smallest absolute Gasteiger partial charge is 0.325 e. The van der Waals surface area contributed by atoms with Crippen LogP contribution in [0, 0.1) is 5.92 Å². The van der Waals surface area contributed by atoms with Crippen LogP contribution in [0.2, 0.25) is 0 Å². The summed E-state index contributed by atoms with van der Waals surface area (Å²) >= 11 is 0. The van der Waals surface area contributed by atoms with E-state index >= 15 is 0 Å². The van der Waals surface area contributed by atoms with Crippen LogP contribution < -0.4 is 16.4 Å². The molecular formula is C15H29N3O4. The Kier molecular flexibility index (Phi) is 8.08. The fourth-order valence-electron chi connectivity index (χ4n) is 1.69.